The summed E-state index contributed by atoms with van der Waals surface area (Å²) in [4.78, 5) is 33.5. The number of likely N-dealkylation sites (tertiary alicyclic amines) is 2. The molecule has 2 aliphatic heterocycles. The number of piperidine rings is 2. The van der Waals surface area contributed by atoms with Crippen LogP contribution in [0.1, 0.15) is 42.7 Å². The third-order valence-corrected chi connectivity index (χ3v) is 6.34. The van der Waals surface area contributed by atoms with Gasteiger partial charge in [-0.05, 0) is 60.6 Å². The fourth-order valence-corrected chi connectivity index (χ4v) is 4.59. The van der Waals surface area contributed by atoms with Crippen LogP contribution in [0.15, 0.2) is 48.8 Å². The second-order valence-electron chi connectivity index (χ2n) is 8.24. The van der Waals surface area contributed by atoms with Crippen molar-refractivity contribution in [2.24, 2.45) is 5.92 Å². The molecular weight excluding hydrogens is 378 g/mol. The van der Waals surface area contributed by atoms with Crippen LogP contribution in [0.5, 0.6) is 5.75 Å². The summed E-state index contributed by atoms with van der Waals surface area (Å²) in [6.45, 7) is 2.58. The topological polar surface area (TPSA) is 62.7 Å². The van der Waals surface area contributed by atoms with E-state index in [1.165, 1.54) is 5.56 Å². The highest BCUT2D eigenvalue weighted by Gasteiger charge is 2.34. The summed E-state index contributed by atoms with van der Waals surface area (Å²) < 4.78 is 5.28. The molecule has 0 bridgehead atoms. The van der Waals surface area contributed by atoms with E-state index in [1.807, 2.05) is 46.5 Å². The van der Waals surface area contributed by atoms with E-state index >= 15 is 0 Å². The van der Waals surface area contributed by atoms with Crippen LogP contribution in [0.4, 0.5) is 0 Å². The smallest absolute Gasteiger partial charge is 0.227 e. The van der Waals surface area contributed by atoms with Gasteiger partial charge in [0.1, 0.15) is 5.75 Å². The second-order valence-corrected chi connectivity index (χ2v) is 8.24. The molecule has 6 nitrogen and oxygen atoms in total. The highest BCUT2D eigenvalue weighted by Crippen LogP contribution is 2.30. The fraction of sp³-hybridized carbons (Fsp3) is 0.458. The van der Waals surface area contributed by atoms with E-state index < -0.39 is 0 Å². The first-order chi connectivity index (χ1) is 14.6. The maximum atomic E-state index is 13.2. The molecule has 6 heteroatoms. The molecule has 158 valence electrons. The Balaban J connectivity index is 1.34. The molecule has 0 spiro atoms. The van der Waals surface area contributed by atoms with Crippen LogP contribution in [-0.4, -0.2) is 53.3 Å². The predicted molar refractivity (Wildman–Crippen MR) is 114 cm³/mol. The summed E-state index contributed by atoms with van der Waals surface area (Å²) in [5.74, 6) is 1.49. The zero-order valence-electron chi connectivity index (χ0n) is 17.5. The van der Waals surface area contributed by atoms with E-state index in [1.54, 1.807) is 7.11 Å². The molecule has 4 rings (SSSR count). The molecule has 30 heavy (non-hydrogen) atoms. The van der Waals surface area contributed by atoms with Crippen molar-refractivity contribution in [3.8, 4) is 5.75 Å². The van der Waals surface area contributed by atoms with Crippen molar-refractivity contribution < 1.29 is 14.3 Å². The van der Waals surface area contributed by atoms with Crippen molar-refractivity contribution >= 4 is 11.8 Å². The number of hydrogen-bond acceptors (Lipinski definition) is 4. The first-order valence-corrected chi connectivity index (χ1v) is 10.7. The number of methoxy groups -OCH3 is 1. The number of pyridine rings is 1. The Hall–Kier alpha value is -2.89. The summed E-state index contributed by atoms with van der Waals surface area (Å²) in [6, 6.07) is 11.9. The largest absolute Gasteiger partial charge is 0.497 e. The SMILES string of the molecule is COc1cccc(CN2C[C@H](C(=O)N3CCC(c4ccncc4)CC3)CCC2=O)c1. The Labute approximate surface area is 177 Å². The summed E-state index contributed by atoms with van der Waals surface area (Å²) in [6.07, 6.45) is 6.72. The number of carbonyl (C=O) groups excluding carboxylic acids is 2. The third-order valence-electron chi connectivity index (χ3n) is 6.34. The monoisotopic (exact) mass is 407 g/mol. The summed E-state index contributed by atoms with van der Waals surface area (Å²) in [5.41, 5.74) is 2.33. The normalized spacial score (nSPS) is 20.3. The minimum Gasteiger partial charge on any atom is -0.497 e. The molecule has 2 fully saturated rings. The molecule has 2 saturated heterocycles. The van der Waals surface area contributed by atoms with Gasteiger partial charge in [-0.15, -0.1) is 0 Å². The Morgan fingerprint density at radius 1 is 1.13 bits per heavy atom. The maximum Gasteiger partial charge on any atom is 0.227 e. The first-order valence-electron chi connectivity index (χ1n) is 10.7. The number of aromatic nitrogens is 1. The summed E-state index contributed by atoms with van der Waals surface area (Å²) in [5, 5.41) is 0. The average Bonchev–Trinajstić information content (AvgIpc) is 2.81. The number of rotatable bonds is 5. The van der Waals surface area contributed by atoms with Crippen molar-refractivity contribution in [2.45, 2.75) is 38.1 Å². The predicted octanol–water partition coefficient (Wildman–Crippen LogP) is 3.24. The fourth-order valence-electron chi connectivity index (χ4n) is 4.59. The van der Waals surface area contributed by atoms with Gasteiger partial charge in [-0.1, -0.05) is 12.1 Å². The molecule has 0 aliphatic carbocycles. The lowest BCUT2D eigenvalue weighted by molar-refractivity contribution is -0.144. The van der Waals surface area contributed by atoms with Crippen molar-refractivity contribution in [1.82, 2.24) is 14.8 Å². The lowest BCUT2D eigenvalue weighted by Crippen LogP contribution is -2.48. The van der Waals surface area contributed by atoms with Gasteiger partial charge >= 0.3 is 0 Å². The van der Waals surface area contributed by atoms with Crippen LogP contribution in [0, 0.1) is 5.92 Å². The van der Waals surface area contributed by atoms with Crippen molar-refractivity contribution in [3.05, 3.63) is 59.9 Å². The number of carbonyl (C=O) groups is 2. The Kier molecular flexibility index (Phi) is 6.31. The lowest BCUT2D eigenvalue weighted by atomic mass is 9.88. The molecule has 1 atom stereocenters. The molecule has 2 amide bonds. The molecule has 1 aromatic heterocycles. The number of nitrogens with zero attached hydrogens (tertiary/aromatic N) is 3. The van der Waals surface area contributed by atoms with Gasteiger partial charge in [0, 0.05) is 45.0 Å². The van der Waals surface area contributed by atoms with Gasteiger partial charge in [0.05, 0.1) is 13.0 Å². The maximum absolute atomic E-state index is 13.2. The van der Waals surface area contributed by atoms with Crippen molar-refractivity contribution in [3.63, 3.8) is 0 Å². The zero-order valence-corrected chi connectivity index (χ0v) is 17.5. The standard InChI is InChI=1S/C24H29N3O3/c1-30-22-4-2-3-18(15-22)16-27-17-21(5-6-23(27)28)24(29)26-13-9-20(10-14-26)19-7-11-25-12-8-19/h2-4,7-8,11-12,15,20-21H,5-6,9-10,13-14,16-17H2,1H3/t21-/m1/s1. The Bertz CT molecular complexity index is 878. The quantitative estimate of drug-likeness (QED) is 0.763. The van der Waals surface area contributed by atoms with Gasteiger partial charge in [-0.3, -0.25) is 14.6 Å². The van der Waals surface area contributed by atoms with E-state index in [9.17, 15) is 9.59 Å². The van der Waals surface area contributed by atoms with Crippen LogP contribution in [0.3, 0.4) is 0 Å². The van der Waals surface area contributed by atoms with Gasteiger partial charge in [0.15, 0.2) is 0 Å². The summed E-state index contributed by atoms with van der Waals surface area (Å²) >= 11 is 0. The van der Waals surface area contributed by atoms with Gasteiger partial charge < -0.3 is 14.5 Å². The molecular formula is C24H29N3O3. The van der Waals surface area contributed by atoms with Gasteiger partial charge in [-0.2, -0.15) is 0 Å². The minimum absolute atomic E-state index is 0.106. The van der Waals surface area contributed by atoms with Crippen LogP contribution < -0.4 is 4.74 Å². The Morgan fingerprint density at radius 2 is 1.90 bits per heavy atom. The zero-order chi connectivity index (χ0) is 20.9. The van der Waals surface area contributed by atoms with Crippen LogP contribution >= 0.6 is 0 Å². The summed E-state index contributed by atoms with van der Waals surface area (Å²) in [7, 11) is 1.64. The number of benzene rings is 1. The number of ether oxygens (including phenoxy) is 1. The van der Waals surface area contributed by atoms with E-state index in [0.29, 0.717) is 31.8 Å². The van der Waals surface area contributed by atoms with Gasteiger partial charge in [-0.25, -0.2) is 0 Å². The molecule has 0 N–H and O–H groups in total. The van der Waals surface area contributed by atoms with E-state index in [0.717, 1.165) is 37.2 Å². The van der Waals surface area contributed by atoms with E-state index in [4.69, 9.17) is 4.74 Å². The number of hydrogen-bond donors (Lipinski definition) is 0. The van der Waals surface area contributed by atoms with Crippen molar-refractivity contribution in [1.29, 1.82) is 0 Å². The van der Waals surface area contributed by atoms with Gasteiger partial charge in [0.2, 0.25) is 11.8 Å². The van der Waals surface area contributed by atoms with Crippen LogP contribution in [0.25, 0.3) is 0 Å². The minimum atomic E-state index is -0.106. The first kappa shape index (κ1) is 20.4. The average molecular weight is 408 g/mol. The molecule has 0 radical (unpaired) electrons. The van der Waals surface area contributed by atoms with Crippen LogP contribution in [-0.2, 0) is 16.1 Å². The van der Waals surface area contributed by atoms with Crippen LogP contribution in [0.2, 0.25) is 0 Å². The highest BCUT2D eigenvalue weighted by atomic mass is 16.5. The number of amides is 2. The van der Waals surface area contributed by atoms with E-state index in [2.05, 4.69) is 17.1 Å². The van der Waals surface area contributed by atoms with Crippen molar-refractivity contribution in [2.75, 3.05) is 26.7 Å². The third kappa shape index (κ3) is 4.64. The Morgan fingerprint density at radius 3 is 2.63 bits per heavy atom. The molecule has 0 saturated carbocycles. The second kappa shape index (κ2) is 9.28. The molecule has 0 unspecified atom stereocenters. The van der Waals surface area contributed by atoms with E-state index in [-0.39, 0.29) is 17.7 Å². The lowest BCUT2D eigenvalue weighted by Gasteiger charge is -2.38. The highest BCUT2D eigenvalue weighted by molar-refractivity contribution is 5.84. The molecule has 3 heterocycles. The molecule has 2 aromatic rings. The van der Waals surface area contributed by atoms with Gasteiger partial charge in [0.25, 0.3) is 0 Å². The molecule has 2 aliphatic rings. The molecule has 1 aromatic carbocycles.